The zero-order chi connectivity index (χ0) is 13.6. The fraction of sp³-hybridized carbons (Fsp3) is 0.812. The van der Waals surface area contributed by atoms with Crippen molar-refractivity contribution < 1.29 is 9.53 Å². The summed E-state index contributed by atoms with van der Waals surface area (Å²) < 4.78 is 6.03. The van der Waals surface area contributed by atoms with Crippen molar-refractivity contribution in [3.05, 3.63) is 11.6 Å². The number of ether oxygens (including phenoxy) is 1. The minimum Gasteiger partial charge on any atom is -0.369 e. The molecule has 0 N–H and O–H groups in total. The molecule has 0 aromatic rings. The molecule has 0 spiro atoms. The van der Waals surface area contributed by atoms with Crippen LogP contribution in [0.25, 0.3) is 0 Å². The number of hydrogen-bond donors (Lipinski definition) is 0. The fourth-order valence-electron chi connectivity index (χ4n) is 3.38. The number of allylic oxidation sites excluding steroid dienone is 2. The molecule has 0 amide bonds. The Morgan fingerprint density at radius 3 is 2.44 bits per heavy atom. The van der Waals surface area contributed by atoms with Crippen molar-refractivity contribution in [3.8, 4) is 0 Å². The van der Waals surface area contributed by atoms with Crippen LogP contribution in [-0.2, 0) is 9.53 Å². The molecule has 0 radical (unpaired) electrons. The van der Waals surface area contributed by atoms with Crippen molar-refractivity contribution >= 4 is 5.78 Å². The molecule has 0 saturated carbocycles. The van der Waals surface area contributed by atoms with Gasteiger partial charge >= 0.3 is 0 Å². The molecule has 0 aromatic carbocycles. The van der Waals surface area contributed by atoms with Crippen LogP contribution in [0.1, 0.15) is 60.3 Å². The maximum Gasteiger partial charge on any atom is 0.164 e. The van der Waals surface area contributed by atoms with Gasteiger partial charge in [0.05, 0.1) is 17.1 Å². The van der Waals surface area contributed by atoms with Gasteiger partial charge in [-0.1, -0.05) is 13.0 Å². The van der Waals surface area contributed by atoms with Crippen molar-refractivity contribution in [2.45, 2.75) is 71.5 Å². The summed E-state index contributed by atoms with van der Waals surface area (Å²) in [7, 11) is 0. The summed E-state index contributed by atoms with van der Waals surface area (Å²) in [6, 6.07) is 0. The van der Waals surface area contributed by atoms with Gasteiger partial charge in [0.25, 0.3) is 0 Å². The number of hydrogen-bond acceptors (Lipinski definition) is 2. The topological polar surface area (TPSA) is 26.3 Å². The predicted octanol–water partition coefficient (Wildman–Crippen LogP) is 3.90. The summed E-state index contributed by atoms with van der Waals surface area (Å²) in [6.07, 6.45) is 6.16. The maximum absolute atomic E-state index is 12.7. The highest BCUT2D eigenvalue weighted by atomic mass is 16.5. The van der Waals surface area contributed by atoms with Crippen LogP contribution in [0.3, 0.4) is 0 Å². The smallest absolute Gasteiger partial charge is 0.164 e. The van der Waals surface area contributed by atoms with Gasteiger partial charge in [0.2, 0.25) is 0 Å². The van der Waals surface area contributed by atoms with Crippen molar-refractivity contribution in [3.63, 3.8) is 0 Å². The minimum absolute atomic E-state index is 0.0205. The second-order valence-electron chi connectivity index (χ2n) is 7.20. The van der Waals surface area contributed by atoms with E-state index < -0.39 is 0 Å². The summed E-state index contributed by atoms with van der Waals surface area (Å²) in [5.74, 6) is 1.08. The Morgan fingerprint density at radius 2 is 2.00 bits per heavy atom. The normalized spacial score (nSPS) is 34.2. The Balaban J connectivity index is 2.15. The lowest BCUT2D eigenvalue weighted by Gasteiger charge is -2.28. The predicted molar refractivity (Wildman–Crippen MR) is 73.5 cm³/mol. The van der Waals surface area contributed by atoms with Crippen molar-refractivity contribution in [2.24, 2.45) is 11.8 Å². The lowest BCUT2D eigenvalue weighted by molar-refractivity contribution is -0.126. The Kier molecular flexibility index (Phi) is 3.44. The van der Waals surface area contributed by atoms with Crippen LogP contribution in [0.4, 0.5) is 0 Å². The van der Waals surface area contributed by atoms with Gasteiger partial charge in [-0.05, 0) is 64.9 Å². The molecule has 1 fully saturated rings. The molecule has 0 aromatic heterocycles. The SMILES string of the molecule is CC1CC=C(C(=O)C2CC(C)(C)OC2(C)C)CC1. The number of carbonyl (C=O) groups excluding carboxylic acids is 1. The van der Waals surface area contributed by atoms with E-state index in [9.17, 15) is 4.79 Å². The van der Waals surface area contributed by atoms with E-state index in [0.29, 0.717) is 5.78 Å². The third-order valence-electron chi connectivity index (χ3n) is 4.38. The molecule has 2 heteroatoms. The van der Waals surface area contributed by atoms with E-state index in [1.807, 2.05) is 0 Å². The van der Waals surface area contributed by atoms with Crippen molar-refractivity contribution in [1.29, 1.82) is 0 Å². The molecule has 1 aliphatic heterocycles. The monoisotopic (exact) mass is 250 g/mol. The average Bonchev–Trinajstić information content (AvgIpc) is 2.47. The number of ketones is 1. The second-order valence-corrected chi connectivity index (χ2v) is 7.20. The van der Waals surface area contributed by atoms with E-state index in [1.54, 1.807) is 0 Å². The summed E-state index contributed by atoms with van der Waals surface area (Å²) >= 11 is 0. The fourth-order valence-corrected chi connectivity index (χ4v) is 3.38. The van der Waals surface area contributed by atoms with Gasteiger partial charge in [-0.15, -0.1) is 0 Å². The Bertz CT molecular complexity index is 377. The molecule has 102 valence electrons. The molecule has 2 unspecified atom stereocenters. The third-order valence-corrected chi connectivity index (χ3v) is 4.38. The van der Waals surface area contributed by atoms with Crippen LogP contribution in [0, 0.1) is 11.8 Å². The van der Waals surface area contributed by atoms with Gasteiger partial charge in [-0.2, -0.15) is 0 Å². The molecule has 2 aliphatic rings. The molecule has 18 heavy (non-hydrogen) atoms. The lowest BCUT2D eigenvalue weighted by Crippen LogP contribution is -2.34. The number of carbonyl (C=O) groups is 1. The van der Waals surface area contributed by atoms with Crippen LogP contribution in [0.2, 0.25) is 0 Å². The van der Waals surface area contributed by atoms with Crippen molar-refractivity contribution in [1.82, 2.24) is 0 Å². The molecular weight excluding hydrogens is 224 g/mol. The van der Waals surface area contributed by atoms with Gasteiger partial charge in [-0.3, -0.25) is 4.79 Å². The quantitative estimate of drug-likeness (QED) is 0.743. The highest BCUT2D eigenvalue weighted by Gasteiger charge is 2.49. The molecule has 2 nitrogen and oxygen atoms in total. The first kappa shape index (κ1) is 13.8. The average molecular weight is 250 g/mol. The summed E-state index contributed by atoms with van der Waals surface area (Å²) in [6.45, 7) is 10.5. The molecule has 1 aliphatic carbocycles. The Morgan fingerprint density at radius 1 is 1.33 bits per heavy atom. The number of Topliss-reactive ketones (excluding diaryl/α,β-unsaturated/α-hetero) is 1. The van der Waals surface area contributed by atoms with Gasteiger partial charge in [0.15, 0.2) is 5.78 Å². The first-order valence-electron chi connectivity index (χ1n) is 7.15. The molecule has 2 atom stereocenters. The standard InChI is InChI=1S/C16H26O2/c1-11-6-8-12(9-7-11)14(17)13-10-15(2,3)18-16(13,4)5/h8,11,13H,6-7,9-10H2,1-5H3. The summed E-state index contributed by atoms with van der Waals surface area (Å²) in [4.78, 5) is 12.7. The Hall–Kier alpha value is -0.630. The van der Waals surface area contributed by atoms with Crippen LogP contribution in [0.5, 0.6) is 0 Å². The first-order valence-corrected chi connectivity index (χ1v) is 7.15. The maximum atomic E-state index is 12.7. The van der Waals surface area contributed by atoms with E-state index in [-0.39, 0.29) is 17.1 Å². The van der Waals surface area contributed by atoms with E-state index in [2.05, 4.69) is 40.7 Å². The van der Waals surface area contributed by atoms with Crippen molar-refractivity contribution in [2.75, 3.05) is 0 Å². The third kappa shape index (κ3) is 2.69. The number of rotatable bonds is 2. The van der Waals surface area contributed by atoms with E-state index in [4.69, 9.17) is 4.74 Å². The Labute approximate surface area is 111 Å². The van der Waals surface area contributed by atoms with E-state index >= 15 is 0 Å². The molecule has 0 bridgehead atoms. The molecular formula is C16H26O2. The van der Waals surface area contributed by atoms with Gasteiger partial charge in [0, 0.05) is 0 Å². The first-order chi connectivity index (χ1) is 8.21. The van der Waals surface area contributed by atoms with Crippen LogP contribution >= 0.6 is 0 Å². The van der Waals surface area contributed by atoms with Gasteiger partial charge in [-0.25, -0.2) is 0 Å². The van der Waals surface area contributed by atoms with E-state index in [1.165, 1.54) is 0 Å². The molecule has 2 rings (SSSR count). The van der Waals surface area contributed by atoms with Gasteiger partial charge in [0.1, 0.15) is 0 Å². The summed E-state index contributed by atoms with van der Waals surface area (Å²) in [5, 5.41) is 0. The van der Waals surface area contributed by atoms with Crippen LogP contribution in [-0.4, -0.2) is 17.0 Å². The van der Waals surface area contributed by atoms with Gasteiger partial charge < -0.3 is 4.74 Å². The zero-order valence-electron chi connectivity index (χ0n) is 12.4. The minimum atomic E-state index is -0.329. The zero-order valence-corrected chi connectivity index (χ0v) is 12.4. The summed E-state index contributed by atoms with van der Waals surface area (Å²) in [5.41, 5.74) is 0.545. The lowest BCUT2D eigenvalue weighted by atomic mass is 9.78. The second kappa shape index (κ2) is 4.48. The van der Waals surface area contributed by atoms with Crippen LogP contribution < -0.4 is 0 Å². The van der Waals surface area contributed by atoms with Crippen LogP contribution in [0.15, 0.2) is 11.6 Å². The highest BCUT2D eigenvalue weighted by Crippen LogP contribution is 2.44. The highest BCUT2D eigenvalue weighted by molar-refractivity contribution is 5.98. The van der Waals surface area contributed by atoms with E-state index in [0.717, 1.165) is 37.2 Å². The largest absolute Gasteiger partial charge is 0.369 e. The molecule has 1 heterocycles. The molecule has 1 saturated heterocycles.